The minimum absolute atomic E-state index is 0.0615. The number of hydrogen-bond donors (Lipinski definition) is 2. The number of hydrogen-bond acceptors (Lipinski definition) is 3. The number of nitrogens with one attached hydrogen (secondary N) is 1. The molecular formula is C15H21NO3S. The monoisotopic (exact) mass is 295 g/mol. The number of carboxylic acids is 1. The zero-order valence-electron chi connectivity index (χ0n) is 12.3. The van der Waals surface area contributed by atoms with Crippen LogP contribution in [0, 0.1) is 5.41 Å². The first-order chi connectivity index (χ1) is 9.19. The van der Waals surface area contributed by atoms with Gasteiger partial charge in [0.1, 0.15) is 5.25 Å². The molecular weight excluding hydrogens is 274 g/mol. The van der Waals surface area contributed by atoms with Crippen LogP contribution in [0.1, 0.15) is 34.1 Å². The summed E-state index contributed by atoms with van der Waals surface area (Å²) < 4.78 is 0. The molecule has 5 heteroatoms. The summed E-state index contributed by atoms with van der Waals surface area (Å²) in [5.74, 6) is -0.931. The third-order valence-corrected chi connectivity index (χ3v) is 3.67. The molecule has 1 atom stereocenters. The fourth-order valence-electron chi connectivity index (χ4n) is 1.59. The van der Waals surface area contributed by atoms with Crippen molar-refractivity contribution in [3.8, 4) is 0 Å². The minimum Gasteiger partial charge on any atom is -0.480 e. The second kappa shape index (κ2) is 6.79. The van der Waals surface area contributed by atoms with Gasteiger partial charge >= 0.3 is 5.97 Å². The number of carbonyl (C=O) groups excluding carboxylic acids is 1. The average molecular weight is 295 g/mol. The summed E-state index contributed by atoms with van der Waals surface area (Å²) in [4.78, 5) is 23.6. The molecule has 0 aliphatic carbocycles. The van der Waals surface area contributed by atoms with E-state index in [-0.39, 0.29) is 11.3 Å². The van der Waals surface area contributed by atoms with Gasteiger partial charge < -0.3 is 10.4 Å². The average Bonchev–Trinajstić information content (AvgIpc) is 2.28. The number of para-hydroxylation sites is 1. The molecule has 0 bridgehead atoms. The van der Waals surface area contributed by atoms with Crippen molar-refractivity contribution in [3.63, 3.8) is 0 Å². The van der Waals surface area contributed by atoms with Crippen molar-refractivity contribution in [2.45, 2.75) is 44.3 Å². The van der Waals surface area contributed by atoms with Gasteiger partial charge in [0.25, 0.3) is 0 Å². The van der Waals surface area contributed by atoms with Gasteiger partial charge in [-0.2, -0.15) is 0 Å². The van der Waals surface area contributed by atoms with Gasteiger partial charge in [0.2, 0.25) is 5.91 Å². The van der Waals surface area contributed by atoms with Crippen LogP contribution in [0.25, 0.3) is 0 Å². The first-order valence-electron chi connectivity index (χ1n) is 6.47. The SMILES string of the molecule is C[C@H](Sc1ccccc1NC(=O)CC(C)(C)C)C(=O)O. The van der Waals surface area contributed by atoms with Gasteiger partial charge in [0, 0.05) is 11.3 Å². The van der Waals surface area contributed by atoms with Gasteiger partial charge in [-0.05, 0) is 24.5 Å². The van der Waals surface area contributed by atoms with Gasteiger partial charge in [-0.1, -0.05) is 32.9 Å². The zero-order valence-corrected chi connectivity index (χ0v) is 13.1. The number of anilines is 1. The van der Waals surface area contributed by atoms with Gasteiger partial charge in [-0.25, -0.2) is 0 Å². The zero-order chi connectivity index (χ0) is 15.3. The fraction of sp³-hybridized carbons (Fsp3) is 0.467. The molecule has 1 rings (SSSR count). The van der Waals surface area contributed by atoms with Crippen LogP contribution < -0.4 is 5.32 Å². The van der Waals surface area contributed by atoms with E-state index in [2.05, 4.69) is 5.32 Å². The van der Waals surface area contributed by atoms with Crippen molar-refractivity contribution >= 4 is 29.3 Å². The lowest BCUT2D eigenvalue weighted by molar-refractivity contribution is -0.136. The van der Waals surface area contributed by atoms with E-state index in [4.69, 9.17) is 5.11 Å². The van der Waals surface area contributed by atoms with Crippen molar-refractivity contribution in [3.05, 3.63) is 24.3 Å². The van der Waals surface area contributed by atoms with Crippen LogP contribution in [-0.4, -0.2) is 22.2 Å². The van der Waals surface area contributed by atoms with Crippen LogP contribution in [0.2, 0.25) is 0 Å². The summed E-state index contributed by atoms with van der Waals surface area (Å²) >= 11 is 1.22. The Labute approximate surface area is 124 Å². The quantitative estimate of drug-likeness (QED) is 0.814. The van der Waals surface area contributed by atoms with Crippen molar-refractivity contribution < 1.29 is 14.7 Å². The van der Waals surface area contributed by atoms with E-state index in [1.54, 1.807) is 13.0 Å². The van der Waals surface area contributed by atoms with Gasteiger partial charge in [-0.3, -0.25) is 9.59 Å². The lowest BCUT2D eigenvalue weighted by atomic mass is 9.92. The Morgan fingerprint density at radius 1 is 1.30 bits per heavy atom. The molecule has 0 spiro atoms. The predicted molar refractivity (Wildman–Crippen MR) is 82.1 cm³/mol. The molecule has 0 aliphatic heterocycles. The van der Waals surface area contributed by atoms with E-state index in [1.807, 2.05) is 39.0 Å². The number of carbonyl (C=O) groups is 2. The molecule has 0 radical (unpaired) electrons. The van der Waals surface area contributed by atoms with Gasteiger partial charge in [0.15, 0.2) is 0 Å². The van der Waals surface area contributed by atoms with E-state index >= 15 is 0 Å². The maximum absolute atomic E-state index is 12.0. The Morgan fingerprint density at radius 2 is 1.90 bits per heavy atom. The molecule has 0 aliphatic rings. The molecule has 1 aromatic carbocycles. The lowest BCUT2D eigenvalue weighted by Crippen LogP contribution is -2.20. The molecule has 2 N–H and O–H groups in total. The van der Waals surface area contributed by atoms with Gasteiger partial charge in [-0.15, -0.1) is 11.8 Å². The van der Waals surface area contributed by atoms with E-state index < -0.39 is 11.2 Å². The Morgan fingerprint density at radius 3 is 2.45 bits per heavy atom. The number of benzene rings is 1. The molecule has 0 fully saturated rings. The van der Waals surface area contributed by atoms with E-state index in [0.29, 0.717) is 12.1 Å². The van der Waals surface area contributed by atoms with Crippen LogP contribution >= 0.6 is 11.8 Å². The molecule has 1 aromatic rings. The molecule has 0 unspecified atom stereocenters. The minimum atomic E-state index is -0.870. The fourth-order valence-corrected chi connectivity index (χ4v) is 2.47. The van der Waals surface area contributed by atoms with Gasteiger partial charge in [0.05, 0.1) is 5.69 Å². The number of rotatable bonds is 5. The maximum Gasteiger partial charge on any atom is 0.316 e. The third kappa shape index (κ3) is 5.65. The Kier molecular flexibility index (Phi) is 5.62. The number of carboxylic acid groups (broad SMARTS) is 1. The molecule has 110 valence electrons. The lowest BCUT2D eigenvalue weighted by Gasteiger charge is -2.18. The van der Waals surface area contributed by atoms with E-state index in [0.717, 1.165) is 4.90 Å². The molecule has 20 heavy (non-hydrogen) atoms. The summed E-state index contributed by atoms with van der Waals surface area (Å²) in [5, 5.41) is 11.3. The predicted octanol–water partition coefficient (Wildman–Crippen LogP) is 3.63. The highest BCUT2D eigenvalue weighted by atomic mass is 32.2. The number of aliphatic carboxylic acids is 1. The molecule has 0 aromatic heterocycles. The summed E-state index contributed by atoms with van der Waals surface area (Å²) in [6, 6.07) is 7.26. The Balaban J connectivity index is 2.80. The van der Waals surface area contributed by atoms with Crippen LogP contribution in [0.4, 0.5) is 5.69 Å². The first kappa shape index (κ1) is 16.6. The van der Waals surface area contributed by atoms with Crippen LogP contribution in [0.15, 0.2) is 29.2 Å². The van der Waals surface area contributed by atoms with E-state index in [9.17, 15) is 9.59 Å². The first-order valence-corrected chi connectivity index (χ1v) is 7.35. The standard InChI is InChI=1S/C15H21NO3S/c1-10(14(18)19)20-12-8-6-5-7-11(12)16-13(17)9-15(2,3)4/h5-8,10H,9H2,1-4H3,(H,16,17)(H,18,19)/t10-/m0/s1. The smallest absolute Gasteiger partial charge is 0.316 e. The normalized spacial score (nSPS) is 12.8. The maximum atomic E-state index is 12.0. The molecule has 1 amide bonds. The van der Waals surface area contributed by atoms with Crippen molar-refractivity contribution in [1.82, 2.24) is 0 Å². The summed E-state index contributed by atoms with van der Waals surface area (Å²) in [5.41, 5.74) is 0.584. The van der Waals surface area contributed by atoms with Crippen molar-refractivity contribution in [1.29, 1.82) is 0 Å². The second-order valence-corrected chi connectivity index (χ2v) is 7.26. The summed E-state index contributed by atoms with van der Waals surface area (Å²) in [6.45, 7) is 7.62. The molecule has 0 saturated heterocycles. The molecule has 4 nitrogen and oxygen atoms in total. The van der Waals surface area contributed by atoms with Crippen LogP contribution in [0.3, 0.4) is 0 Å². The largest absolute Gasteiger partial charge is 0.480 e. The highest BCUT2D eigenvalue weighted by Gasteiger charge is 2.18. The summed E-state index contributed by atoms with van der Waals surface area (Å²) in [6.07, 6.45) is 0.417. The van der Waals surface area contributed by atoms with E-state index in [1.165, 1.54) is 11.8 Å². The number of thioether (sulfide) groups is 1. The number of amides is 1. The highest BCUT2D eigenvalue weighted by Crippen LogP contribution is 2.31. The highest BCUT2D eigenvalue weighted by molar-refractivity contribution is 8.00. The van der Waals surface area contributed by atoms with Crippen LogP contribution in [0.5, 0.6) is 0 Å². The third-order valence-electron chi connectivity index (χ3n) is 2.50. The topological polar surface area (TPSA) is 66.4 Å². The Bertz CT molecular complexity index is 494. The summed E-state index contributed by atoms with van der Waals surface area (Å²) in [7, 11) is 0. The van der Waals surface area contributed by atoms with Crippen molar-refractivity contribution in [2.75, 3.05) is 5.32 Å². The van der Waals surface area contributed by atoms with Crippen molar-refractivity contribution in [2.24, 2.45) is 5.41 Å². The molecule has 0 saturated carbocycles. The Hall–Kier alpha value is -1.49. The molecule has 0 heterocycles. The second-order valence-electron chi connectivity index (χ2n) is 5.88. The van der Waals surface area contributed by atoms with Crippen LogP contribution in [-0.2, 0) is 9.59 Å².